The van der Waals surface area contributed by atoms with E-state index >= 15 is 0 Å². The number of nitrogens with one attached hydrogen (secondary N) is 2. The van der Waals surface area contributed by atoms with Gasteiger partial charge in [0.15, 0.2) is 0 Å². The van der Waals surface area contributed by atoms with Crippen molar-refractivity contribution in [2.75, 3.05) is 19.7 Å². The van der Waals surface area contributed by atoms with Crippen molar-refractivity contribution in [2.45, 2.75) is 31.9 Å². The summed E-state index contributed by atoms with van der Waals surface area (Å²) in [4.78, 5) is 22.2. The fourth-order valence-electron chi connectivity index (χ4n) is 1.55. The lowest BCUT2D eigenvalue weighted by atomic mass is 10.2. The number of ether oxygens (including phenoxy) is 1. The van der Waals surface area contributed by atoms with Crippen molar-refractivity contribution in [3.63, 3.8) is 0 Å². The molecule has 1 saturated heterocycles. The largest absolute Gasteiger partial charge is 0.480 e. The average Bonchev–Trinajstić information content (AvgIpc) is 2.27. The molecule has 6 heteroatoms. The normalized spacial score (nSPS) is 22.4. The first-order chi connectivity index (χ1) is 7.63. The van der Waals surface area contributed by atoms with Gasteiger partial charge < -0.3 is 20.5 Å². The third-order valence-electron chi connectivity index (χ3n) is 2.46. The number of carboxylic acid groups (broad SMARTS) is 1. The molecule has 0 aromatic carbocycles. The Morgan fingerprint density at radius 2 is 2.38 bits per heavy atom. The third-order valence-corrected chi connectivity index (χ3v) is 2.46. The van der Waals surface area contributed by atoms with Gasteiger partial charge in [0, 0.05) is 13.1 Å². The molecule has 1 amide bonds. The van der Waals surface area contributed by atoms with Crippen LogP contribution in [0.25, 0.3) is 0 Å². The summed E-state index contributed by atoms with van der Waals surface area (Å²) in [6.07, 6.45) is 0.432. The first kappa shape index (κ1) is 12.9. The molecule has 0 aliphatic carbocycles. The second-order valence-electron chi connectivity index (χ2n) is 3.77. The van der Waals surface area contributed by atoms with E-state index in [1.807, 2.05) is 0 Å². The molecule has 3 N–H and O–H groups in total. The topological polar surface area (TPSA) is 87.7 Å². The van der Waals surface area contributed by atoms with E-state index in [0.717, 1.165) is 6.54 Å². The Kier molecular flexibility index (Phi) is 5.21. The van der Waals surface area contributed by atoms with Gasteiger partial charge in [0.05, 0.1) is 19.1 Å². The second-order valence-corrected chi connectivity index (χ2v) is 3.77. The summed E-state index contributed by atoms with van der Waals surface area (Å²) in [5, 5.41) is 14.3. The lowest BCUT2D eigenvalue weighted by Crippen LogP contribution is -2.45. The van der Waals surface area contributed by atoms with Gasteiger partial charge in [-0.15, -0.1) is 0 Å². The number of rotatable bonds is 5. The zero-order valence-electron chi connectivity index (χ0n) is 9.36. The maximum absolute atomic E-state index is 11.5. The molecule has 2 atom stereocenters. The van der Waals surface area contributed by atoms with Crippen LogP contribution >= 0.6 is 0 Å². The van der Waals surface area contributed by atoms with E-state index in [0.29, 0.717) is 19.6 Å². The number of carbonyl (C=O) groups is 2. The molecule has 92 valence electrons. The fraction of sp³-hybridized carbons (Fsp3) is 0.800. The van der Waals surface area contributed by atoms with E-state index in [9.17, 15) is 9.59 Å². The quantitative estimate of drug-likeness (QED) is 0.584. The third kappa shape index (κ3) is 4.16. The first-order valence-electron chi connectivity index (χ1n) is 5.48. The van der Waals surface area contributed by atoms with Gasteiger partial charge in [-0.3, -0.25) is 4.79 Å². The highest BCUT2D eigenvalue weighted by Gasteiger charge is 2.21. The summed E-state index contributed by atoms with van der Waals surface area (Å²) in [7, 11) is 0. The average molecular weight is 230 g/mol. The van der Waals surface area contributed by atoms with Crippen LogP contribution < -0.4 is 10.6 Å². The van der Waals surface area contributed by atoms with Gasteiger partial charge >= 0.3 is 5.97 Å². The van der Waals surface area contributed by atoms with Gasteiger partial charge in [0.1, 0.15) is 6.04 Å². The molecule has 0 aromatic rings. The lowest BCUT2D eigenvalue weighted by Gasteiger charge is -2.23. The van der Waals surface area contributed by atoms with Crippen molar-refractivity contribution in [3.05, 3.63) is 0 Å². The van der Waals surface area contributed by atoms with Gasteiger partial charge in [0.2, 0.25) is 5.91 Å². The molecule has 0 spiro atoms. The van der Waals surface area contributed by atoms with Gasteiger partial charge in [-0.1, -0.05) is 6.92 Å². The monoisotopic (exact) mass is 230 g/mol. The van der Waals surface area contributed by atoms with Crippen molar-refractivity contribution < 1.29 is 19.4 Å². The van der Waals surface area contributed by atoms with Gasteiger partial charge in [-0.05, 0) is 6.42 Å². The van der Waals surface area contributed by atoms with E-state index < -0.39 is 12.0 Å². The fourth-order valence-corrected chi connectivity index (χ4v) is 1.55. The number of hydrogen-bond acceptors (Lipinski definition) is 4. The smallest absolute Gasteiger partial charge is 0.326 e. The molecule has 0 aromatic heterocycles. The molecule has 16 heavy (non-hydrogen) atoms. The number of carbonyl (C=O) groups excluding carboxylic acids is 1. The minimum Gasteiger partial charge on any atom is -0.480 e. The highest BCUT2D eigenvalue weighted by Crippen LogP contribution is 2.02. The summed E-state index contributed by atoms with van der Waals surface area (Å²) < 4.78 is 5.35. The lowest BCUT2D eigenvalue weighted by molar-refractivity contribution is -0.142. The predicted molar refractivity (Wildman–Crippen MR) is 57.1 cm³/mol. The number of carboxylic acids is 1. The van der Waals surface area contributed by atoms with Crippen LogP contribution in [0.3, 0.4) is 0 Å². The van der Waals surface area contributed by atoms with Gasteiger partial charge in [0.25, 0.3) is 0 Å². The Balaban J connectivity index is 2.31. The molecular formula is C10H18N2O4. The van der Waals surface area contributed by atoms with Gasteiger partial charge in [-0.25, -0.2) is 4.79 Å². The highest BCUT2D eigenvalue weighted by atomic mass is 16.5. The van der Waals surface area contributed by atoms with Crippen LogP contribution in [0, 0.1) is 0 Å². The Morgan fingerprint density at radius 3 is 2.88 bits per heavy atom. The van der Waals surface area contributed by atoms with Crippen molar-refractivity contribution in [2.24, 2.45) is 0 Å². The molecule has 1 aliphatic rings. The summed E-state index contributed by atoms with van der Waals surface area (Å²) in [6, 6.07) is -0.802. The second kappa shape index (κ2) is 6.44. The van der Waals surface area contributed by atoms with E-state index in [-0.39, 0.29) is 18.4 Å². The summed E-state index contributed by atoms with van der Waals surface area (Å²) in [6.45, 7) is 3.74. The van der Waals surface area contributed by atoms with Crippen LogP contribution in [0.4, 0.5) is 0 Å². The molecule has 1 rings (SSSR count). The van der Waals surface area contributed by atoms with Crippen LogP contribution in [0.15, 0.2) is 0 Å². The van der Waals surface area contributed by atoms with E-state index in [2.05, 4.69) is 10.6 Å². The summed E-state index contributed by atoms with van der Waals surface area (Å²) in [5.41, 5.74) is 0. The SMILES string of the molecule is CC[C@H](NC(=O)CC1CNCCO1)C(=O)O. The molecule has 0 bridgehead atoms. The van der Waals surface area contributed by atoms with Crippen molar-refractivity contribution in [3.8, 4) is 0 Å². The zero-order valence-corrected chi connectivity index (χ0v) is 9.36. The predicted octanol–water partition coefficient (Wildman–Crippen LogP) is -0.656. The van der Waals surface area contributed by atoms with Crippen LogP contribution in [0.2, 0.25) is 0 Å². The molecule has 1 unspecified atom stereocenters. The van der Waals surface area contributed by atoms with Crippen molar-refractivity contribution in [1.29, 1.82) is 0 Å². The number of hydrogen-bond donors (Lipinski definition) is 3. The number of morpholine rings is 1. The Labute approximate surface area is 94.3 Å². The maximum atomic E-state index is 11.5. The van der Waals surface area contributed by atoms with E-state index in [1.165, 1.54) is 0 Å². The molecule has 6 nitrogen and oxygen atoms in total. The Morgan fingerprint density at radius 1 is 1.62 bits per heavy atom. The van der Waals surface area contributed by atoms with Crippen LogP contribution in [-0.2, 0) is 14.3 Å². The van der Waals surface area contributed by atoms with Crippen molar-refractivity contribution in [1.82, 2.24) is 10.6 Å². The number of aliphatic carboxylic acids is 1. The Hall–Kier alpha value is -1.14. The summed E-state index contributed by atoms with van der Waals surface area (Å²) >= 11 is 0. The first-order valence-corrected chi connectivity index (χ1v) is 5.48. The van der Waals surface area contributed by atoms with Crippen LogP contribution in [0.5, 0.6) is 0 Å². The van der Waals surface area contributed by atoms with Crippen molar-refractivity contribution >= 4 is 11.9 Å². The molecule has 1 heterocycles. The van der Waals surface area contributed by atoms with E-state index in [4.69, 9.17) is 9.84 Å². The minimum absolute atomic E-state index is 0.153. The number of amides is 1. The molecule has 0 saturated carbocycles. The highest BCUT2D eigenvalue weighted by molar-refractivity contribution is 5.83. The molecule has 1 fully saturated rings. The minimum atomic E-state index is -1.00. The van der Waals surface area contributed by atoms with Gasteiger partial charge in [-0.2, -0.15) is 0 Å². The van der Waals surface area contributed by atoms with Crippen LogP contribution in [-0.4, -0.2) is 48.8 Å². The molecule has 1 aliphatic heterocycles. The Bertz CT molecular complexity index is 251. The molecular weight excluding hydrogens is 212 g/mol. The van der Waals surface area contributed by atoms with E-state index in [1.54, 1.807) is 6.92 Å². The maximum Gasteiger partial charge on any atom is 0.326 e. The standard InChI is InChI=1S/C10H18N2O4/c1-2-8(10(14)15)12-9(13)5-7-6-11-3-4-16-7/h7-8,11H,2-6H2,1H3,(H,12,13)(H,14,15)/t7?,8-/m0/s1. The zero-order chi connectivity index (χ0) is 12.0. The van der Waals surface area contributed by atoms with Crippen LogP contribution in [0.1, 0.15) is 19.8 Å². The summed E-state index contributed by atoms with van der Waals surface area (Å²) in [5.74, 6) is -1.28. The molecule has 0 radical (unpaired) electrons.